The minimum absolute atomic E-state index is 0.576. The van der Waals surface area contributed by atoms with Crippen molar-refractivity contribution < 1.29 is 9.26 Å². The number of likely N-dealkylation sites (tertiary alicyclic amines) is 1. The maximum atomic E-state index is 5.53. The molecule has 1 aliphatic rings. The molecule has 4 rings (SSSR count). The molecule has 3 aromatic rings. The van der Waals surface area contributed by atoms with Gasteiger partial charge in [-0.1, -0.05) is 47.6 Å². The van der Waals surface area contributed by atoms with Crippen molar-refractivity contribution in [3.63, 3.8) is 0 Å². The van der Waals surface area contributed by atoms with Crippen molar-refractivity contribution >= 4 is 0 Å². The summed E-state index contributed by atoms with van der Waals surface area (Å²) in [4.78, 5) is 7.08. The lowest BCUT2D eigenvalue weighted by Gasteiger charge is -2.22. The molecule has 1 saturated heterocycles. The Bertz CT molecular complexity index is 863. The molecule has 0 radical (unpaired) electrons. The van der Waals surface area contributed by atoms with E-state index < -0.39 is 0 Å². The average molecular weight is 363 g/mol. The van der Waals surface area contributed by atoms with Gasteiger partial charge in [0, 0.05) is 6.04 Å². The van der Waals surface area contributed by atoms with Crippen LogP contribution in [0.5, 0.6) is 5.75 Å². The molecule has 1 fully saturated rings. The van der Waals surface area contributed by atoms with Crippen molar-refractivity contribution in [3.05, 3.63) is 66.1 Å². The van der Waals surface area contributed by atoms with Gasteiger partial charge >= 0.3 is 0 Å². The maximum absolute atomic E-state index is 5.53. The van der Waals surface area contributed by atoms with Gasteiger partial charge in [0.1, 0.15) is 5.75 Å². The van der Waals surface area contributed by atoms with Gasteiger partial charge in [-0.3, -0.25) is 4.90 Å². The van der Waals surface area contributed by atoms with Crippen LogP contribution in [0.1, 0.15) is 30.7 Å². The molecule has 1 atom stereocenters. The van der Waals surface area contributed by atoms with Crippen molar-refractivity contribution in [1.29, 1.82) is 0 Å². The van der Waals surface area contributed by atoms with Gasteiger partial charge in [0.05, 0.1) is 19.2 Å². The first-order valence-corrected chi connectivity index (χ1v) is 9.57. The Labute approximate surface area is 160 Å². The Kier molecular flexibility index (Phi) is 5.49. The molecule has 27 heavy (non-hydrogen) atoms. The van der Waals surface area contributed by atoms with Crippen LogP contribution in [0.3, 0.4) is 0 Å². The van der Waals surface area contributed by atoms with Crippen molar-refractivity contribution in [2.45, 2.75) is 38.3 Å². The number of ether oxygens (including phenoxy) is 1. The third-order valence-corrected chi connectivity index (χ3v) is 5.26. The van der Waals surface area contributed by atoms with Crippen molar-refractivity contribution in [3.8, 4) is 17.1 Å². The Morgan fingerprint density at radius 2 is 1.93 bits per heavy atom. The van der Waals surface area contributed by atoms with Gasteiger partial charge in [0.2, 0.25) is 11.7 Å². The second-order valence-corrected chi connectivity index (χ2v) is 7.00. The van der Waals surface area contributed by atoms with Crippen molar-refractivity contribution in [2.24, 2.45) is 0 Å². The highest BCUT2D eigenvalue weighted by molar-refractivity contribution is 5.63. The Hall–Kier alpha value is -2.66. The topological polar surface area (TPSA) is 51.4 Å². The summed E-state index contributed by atoms with van der Waals surface area (Å²) in [6, 6.07) is 19.0. The first-order chi connectivity index (χ1) is 13.3. The van der Waals surface area contributed by atoms with E-state index in [0.717, 1.165) is 30.7 Å². The molecular formula is C22H25N3O2. The summed E-state index contributed by atoms with van der Waals surface area (Å²) < 4.78 is 10.9. The van der Waals surface area contributed by atoms with E-state index in [0.29, 0.717) is 24.3 Å². The monoisotopic (exact) mass is 363 g/mol. The Balaban J connectivity index is 1.40. The Morgan fingerprint density at radius 3 is 2.78 bits per heavy atom. The molecule has 2 heterocycles. The number of aryl methyl sites for hydroxylation is 1. The summed E-state index contributed by atoms with van der Waals surface area (Å²) in [5.74, 6) is 2.01. The van der Waals surface area contributed by atoms with E-state index in [2.05, 4.69) is 45.4 Å². The molecule has 5 nitrogen and oxygen atoms in total. The molecular weight excluding hydrogens is 338 g/mol. The standard InChI is InChI=1S/C22H25N3O2/c1-26-20-12-6-5-11-19(20)22-23-21(27-24-22)16-25-15-7-10-18(25)14-13-17-8-3-2-4-9-17/h2-6,8-9,11-12,18H,7,10,13-16H2,1H3. The molecule has 1 unspecified atom stereocenters. The third kappa shape index (κ3) is 4.19. The van der Waals surface area contributed by atoms with E-state index in [9.17, 15) is 0 Å². The van der Waals surface area contributed by atoms with E-state index >= 15 is 0 Å². The zero-order valence-corrected chi connectivity index (χ0v) is 15.7. The van der Waals surface area contributed by atoms with Gasteiger partial charge in [0.15, 0.2) is 0 Å². The van der Waals surface area contributed by atoms with Crippen LogP contribution >= 0.6 is 0 Å². The van der Waals surface area contributed by atoms with Crippen LogP contribution in [-0.4, -0.2) is 34.7 Å². The smallest absolute Gasteiger partial charge is 0.241 e. The van der Waals surface area contributed by atoms with Crippen molar-refractivity contribution in [1.82, 2.24) is 15.0 Å². The average Bonchev–Trinajstić information content (AvgIpc) is 3.37. The number of benzene rings is 2. The van der Waals surface area contributed by atoms with E-state index in [1.54, 1.807) is 7.11 Å². The van der Waals surface area contributed by atoms with Gasteiger partial charge in [-0.15, -0.1) is 0 Å². The second-order valence-electron chi connectivity index (χ2n) is 7.00. The number of methoxy groups -OCH3 is 1. The van der Waals surface area contributed by atoms with Crippen LogP contribution in [-0.2, 0) is 13.0 Å². The lowest BCUT2D eigenvalue weighted by molar-refractivity contribution is 0.203. The maximum Gasteiger partial charge on any atom is 0.241 e. The fourth-order valence-electron chi connectivity index (χ4n) is 3.84. The number of aromatic nitrogens is 2. The van der Waals surface area contributed by atoms with Crippen LogP contribution in [0.25, 0.3) is 11.4 Å². The number of hydrogen-bond donors (Lipinski definition) is 0. The molecule has 1 aliphatic heterocycles. The molecule has 0 spiro atoms. The first kappa shape index (κ1) is 17.7. The molecule has 1 aromatic heterocycles. The fourth-order valence-corrected chi connectivity index (χ4v) is 3.84. The van der Waals surface area contributed by atoms with Crippen LogP contribution < -0.4 is 4.74 Å². The highest BCUT2D eigenvalue weighted by atomic mass is 16.5. The summed E-state index contributed by atoms with van der Waals surface area (Å²) in [6.07, 6.45) is 4.74. The lowest BCUT2D eigenvalue weighted by atomic mass is 10.0. The van der Waals surface area contributed by atoms with Gasteiger partial charge < -0.3 is 9.26 Å². The van der Waals surface area contributed by atoms with Gasteiger partial charge in [-0.05, 0) is 49.9 Å². The summed E-state index contributed by atoms with van der Waals surface area (Å²) >= 11 is 0. The summed E-state index contributed by atoms with van der Waals surface area (Å²) in [7, 11) is 1.65. The number of rotatable bonds is 7. The summed E-state index contributed by atoms with van der Waals surface area (Å²) in [5.41, 5.74) is 2.26. The molecule has 0 N–H and O–H groups in total. The minimum atomic E-state index is 0.576. The zero-order valence-electron chi connectivity index (χ0n) is 15.7. The largest absolute Gasteiger partial charge is 0.496 e. The fraction of sp³-hybridized carbons (Fsp3) is 0.364. The van der Waals surface area contributed by atoms with Crippen LogP contribution in [0.2, 0.25) is 0 Å². The van der Waals surface area contributed by atoms with E-state index in [4.69, 9.17) is 9.26 Å². The zero-order chi connectivity index (χ0) is 18.5. The molecule has 0 aliphatic carbocycles. The SMILES string of the molecule is COc1ccccc1-c1noc(CN2CCCC2CCc2ccccc2)n1. The lowest BCUT2D eigenvalue weighted by Crippen LogP contribution is -2.29. The van der Waals surface area contributed by atoms with Crippen LogP contribution in [0.4, 0.5) is 0 Å². The molecule has 140 valence electrons. The molecule has 5 heteroatoms. The molecule has 0 bridgehead atoms. The van der Waals surface area contributed by atoms with Gasteiger partial charge in [-0.2, -0.15) is 4.98 Å². The molecule has 2 aromatic carbocycles. The van der Waals surface area contributed by atoms with Gasteiger partial charge in [-0.25, -0.2) is 0 Å². The number of nitrogens with zero attached hydrogens (tertiary/aromatic N) is 3. The molecule has 0 saturated carbocycles. The van der Waals surface area contributed by atoms with Crippen molar-refractivity contribution in [2.75, 3.05) is 13.7 Å². The minimum Gasteiger partial charge on any atom is -0.496 e. The highest BCUT2D eigenvalue weighted by Gasteiger charge is 2.26. The second kappa shape index (κ2) is 8.35. The number of para-hydroxylation sites is 1. The van der Waals surface area contributed by atoms with E-state index in [1.165, 1.54) is 18.4 Å². The van der Waals surface area contributed by atoms with Gasteiger partial charge in [0.25, 0.3) is 0 Å². The van der Waals surface area contributed by atoms with E-state index in [1.807, 2.05) is 24.3 Å². The predicted octanol–water partition coefficient (Wildman–Crippen LogP) is 4.34. The van der Waals surface area contributed by atoms with Crippen LogP contribution in [0, 0.1) is 0 Å². The normalized spacial score (nSPS) is 17.3. The van der Waals surface area contributed by atoms with Crippen LogP contribution in [0.15, 0.2) is 59.1 Å². The third-order valence-electron chi connectivity index (χ3n) is 5.26. The van der Waals surface area contributed by atoms with E-state index in [-0.39, 0.29) is 0 Å². The Morgan fingerprint density at radius 1 is 1.11 bits per heavy atom. The predicted molar refractivity (Wildman–Crippen MR) is 104 cm³/mol. The summed E-state index contributed by atoms with van der Waals surface area (Å²) in [6.45, 7) is 1.80. The number of hydrogen-bond acceptors (Lipinski definition) is 5. The first-order valence-electron chi connectivity index (χ1n) is 9.57. The quantitative estimate of drug-likeness (QED) is 0.625. The summed E-state index contributed by atoms with van der Waals surface area (Å²) in [5, 5.41) is 4.16. The molecule has 0 amide bonds. The highest BCUT2D eigenvalue weighted by Crippen LogP contribution is 2.28.